The number of carbonyl (C=O) groups is 3. The van der Waals surface area contributed by atoms with Crippen molar-refractivity contribution in [2.24, 2.45) is 0 Å². The molecule has 0 saturated carbocycles. The lowest BCUT2D eigenvalue weighted by atomic mass is 10.1. The molecule has 1 fully saturated rings. The number of anilines is 1. The number of piperazine rings is 1. The number of carbonyl (C=O) groups excluding carboxylic acids is 3. The molecule has 1 aliphatic rings. The van der Waals surface area contributed by atoms with Gasteiger partial charge in [0.05, 0.1) is 11.8 Å². The van der Waals surface area contributed by atoms with Gasteiger partial charge in [-0.15, -0.1) is 0 Å². The van der Waals surface area contributed by atoms with Gasteiger partial charge in [-0.2, -0.15) is 0 Å². The standard InChI is InChI=1S/C30H42FN5O4/c1-21(2)40-17-7-12-32-29(39)33-26-11-10-24(19-25(26)31)28(38)36-15-13-35(14-16-36)20-22-8-6-9-23(18-22)27(37)34-30(3,4)5/h6,8-11,18-19,21H,7,12-17,20H2,1-5H3,(H,34,37)(H2,32,33,39). The average molecular weight is 556 g/mol. The van der Waals surface area contributed by atoms with Crippen molar-refractivity contribution in [3.63, 3.8) is 0 Å². The van der Waals surface area contributed by atoms with Crippen molar-refractivity contribution in [2.45, 2.75) is 59.2 Å². The van der Waals surface area contributed by atoms with Gasteiger partial charge in [0.1, 0.15) is 5.82 Å². The Bertz CT molecular complexity index is 1170. The zero-order valence-electron chi connectivity index (χ0n) is 24.2. The van der Waals surface area contributed by atoms with Crippen LogP contribution in [0.5, 0.6) is 0 Å². The summed E-state index contributed by atoms with van der Waals surface area (Å²) in [6, 6.07) is 11.2. The number of hydrogen-bond donors (Lipinski definition) is 3. The van der Waals surface area contributed by atoms with E-state index >= 15 is 0 Å². The molecule has 0 bridgehead atoms. The zero-order valence-corrected chi connectivity index (χ0v) is 24.2. The second-order valence-corrected chi connectivity index (χ2v) is 11.3. The summed E-state index contributed by atoms with van der Waals surface area (Å²) in [4.78, 5) is 41.5. The maximum atomic E-state index is 14.7. The van der Waals surface area contributed by atoms with E-state index in [1.54, 1.807) is 11.0 Å². The summed E-state index contributed by atoms with van der Waals surface area (Å²) in [5.41, 5.74) is 1.58. The van der Waals surface area contributed by atoms with Crippen LogP contribution in [0.3, 0.4) is 0 Å². The number of ether oxygens (including phenoxy) is 1. The number of nitrogens with zero attached hydrogens (tertiary/aromatic N) is 2. The number of amides is 4. The number of urea groups is 1. The second kappa shape index (κ2) is 14.2. The van der Waals surface area contributed by atoms with Gasteiger partial charge in [0.25, 0.3) is 11.8 Å². The van der Waals surface area contributed by atoms with Gasteiger partial charge in [0.15, 0.2) is 0 Å². The van der Waals surface area contributed by atoms with Gasteiger partial charge in [-0.05, 0) is 76.9 Å². The summed E-state index contributed by atoms with van der Waals surface area (Å²) in [6.45, 7) is 13.7. The van der Waals surface area contributed by atoms with Crippen LogP contribution < -0.4 is 16.0 Å². The number of benzene rings is 2. The topological polar surface area (TPSA) is 103 Å². The molecule has 9 nitrogen and oxygen atoms in total. The predicted molar refractivity (Wildman–Crippen MR) is 154 cm³/mol. The molecule has 218 valence electrons. The highest BCUT2D eigenvalue weighted by Gasteiger charge is 2.23. The minimum atomic E-state index is -0.668. The molecule has 0 aromatic heterocycles. The highest BCUT2D eigenvalue weighted by Crippen LogP contribution is 2.19. The van der Waals surface area contributed by atoms with Crippen molar-refractivity contribution in [3.8, 4) is 0 Å². The maximum absolute atomic E-state index is 14.7. The fraction of sp³-hybridized carbons (Fsp3) is 0.500. The van der Waals surface area contributed by atoms with Crippen LogP contribution in [0.4, 0.5) is 14.9 Å². The van der Waals surface area contributed by atoms with E-state index in [9.17, 15) is 18.8 Å². The second-order valence-electron chi connectivity index (χ2n) is 11.3. The Labute approximate surface area is 236 Å². The smallest absolute Gasteiger partial charge is 0.319 e. The Morgan fingerprint density at radius 3 is 2.38 bits per heavy atom. The lowest BCUT2D eigenvalue weighted by Crippen LogP contribution is -2.48. The summed E-state index contributed by atoms with van der Waals surface area (Å²) in [6.07, 6.45) is 0.778. The molecule has 0 aliphatic carbocycles. The zero-order chi connectivity index (χ0) is 29.3. The summed E-state index contributed by atoms with van der Waals surface area (Å²) in [5.74, 6) is -1.02. The van der Waals surface area contributed by atoms with E-state index in [4.69, 9.17) is 4.74 Å². The van der Waals surface area contributed by atoms with Crippen LogP contribution in [0.1, 0.15) is 67.3 Å². The monoisotopic (exact) mass is 555 g/mol. The third-order valence-electron chi connectivity index (χ3n) is 6.27. The Balaban J connectivity index is 1.47. The molecule has 10 heteroatoms. The van der Waals surface area contributed by atoms with Gasteiger partial charge in [-0.1, -0.05) is 12.1 Å². The summed E-state index contributed by atoms with van der Waals surface area (Å²) in [7, 11) is 0. The molecule has 1 heterocycles. The molecule has 0 atom stereocenters. The Morgan fingerprint density at radius 1 is 1.00 bits per heavy atom. The Morgan fingerprint density at radius 2 is 1.73 bits per heavy atom. The van der Waals surface area contributed by atoms with E-state index in [0.717, 1.165) is 11.6 Å². The molecular formula is C30H42FN5O4. The fourth-order valence-electron chi connectivity index (χ4n) is 4.28. The third-order valence-corrected chi connectivity index (χ3v) is 6.27. The largest absolute Gasteiger partial charge is 0.379 e. The van der Waals surface area contributed by atoms with Crippen molar-refractivity contribution >= 4 is 23.5 Å². The van der Waals surface area contributed by atoms with Crippen LogP contribution in [0.2, 0.25) is 0 Å². The number of halogens is 1. The minimum Gasteiger partial charge on any atom is -0.379 e. The molecule has 0 unspecified atom stereocenters. The van der Waals surface area contributed by atoms with E-state index in [0.29, 0.717) is 57.9 Å². The van der Waals surface area contributed by atoms with E-state index in [1.807, 2.05) is 52.8 Å². The lowest BCUT2D eigenvalue weighted by Gasteiger charge is -2.35. The van der Waals surface area contributed by atoms with Crippen LogP contribution in [0.15, 0.2) is 42.5 Å². The molecule has 0 spiro atoms. The summed E-state index contributed by atoms with van der Waals surface area (Å²) < 4.78 is 20.1. The summed E-state index contributed by atoms with van der Waals surface area (Å²) in [5, 5.41) is 8.13. The van der Waals surface area contributed by atoms with Gasteiger partial charge in [0.2, 0.25) is 0 Å². The number of hydrogen-bond acceptors (Lipinski definition) is 5. The first-order valence-electron chi connectivity index (χ1n) is 13.8. The van der Waals surface area contributed by atoms with Crippen LogP contribution in [-0.2, 0) is 11.3 Å². The van der Waals surface area contributed by atoms with Gasteiger partial charge >= 0.3 is 6.03 Å². The van der Waals surface area contributed by atoms with Gasteiger partial charge < -0.3 is 25.6 Å². The highest BCUT2D eigenvalue weighted by molar-refractivity contribution is 5.96. The average Bonchev–Trinajstić information content (AvgIpc) is 2.89. The van der Waals surface area contributed by atoms with Crippen molar-refractivity contribution in [1.29, 1.82) is 0 Å². The van der Waals surface area contributed by atoms with E-state index in [-0.39, 0.29) is 34.7 Å². The molecule has 2 aromatic carbocycles. The van der Waals surface area contributed by atoms with Crippen LogP contribution in [0, 0.1) is 5.82 Å². The quantitative estimate of drug-likeness (QED) is 0.381. The van der Waals surface area contributed by atoms with Gasteiger partial charge in [-0.25, -0.2) is 9.18 Å². The third kappa shape index (κ3) is 9.91. The first kappa shape index (κ1) is 31.0. The van der Waals surface area contributed by atoms with E-state index < -0.39 is 11.8 Å². The molecule has 1 saturated heterocycles. The van der Waals surface area contributed by atoms with Gasteiger partial charge in [-0.3, -0.25) is 14.5 Å². The maximum Gasteiger partial charge on any atom is 0.319 e. The first-order valence-corrected chi connectivity index (χ1v) is 13.8. The lowest BCUT2D eigenvalue weighted by molar-refractivity contribution is 0.0627. The van der Waals surface area contributed by atoms with Crippen molar-refractivity contribution in [3.05, 3.63) is 65.0 Å². The van der Waals surface area contributed by atoms with Gasteiger partial charge in [0, 0.05) is 62.5 Å². The molecule has 2 aromatic rings. The van der Waals surface area contributed by atoms with Crippen molar-refractivity contribution < 1.29 is 23.5 Å². The van der Waals surface area contributed by atoms with Crippen LogP contribution in [-0.4, -0.2) is 78.6 Å². The molecule has 40 heavy (non-hydrogen) atoms. The van der Waals surface area contributed by atoms with Crippen molar-refractivity contribution in [2.75, 3.05) is 44.6 Å². The fourth-order valence-corrected chi connectivity index (χ4v) is 4.28. The molecule has 1 aliphatic heterocycles. The van der Waals surface area contributed by atoms with E-state index in [2.05, 4.69) is 20.9 Å². The highest BCUT2D eigenvalue weighted by atomic mass is 19.1. The molecule has 0 radical (unpaired) electrons. The first-order chi connectivity index (χ1) is 18.9. The number of rotatable bonds is 10. The van der Waals surface area contributed by atoms with Crippen molar-refractivity contribution in [1.82, 2.24) is 20.4 Å². The predicted octanol–water partition coefficient (Wildman–Crippen LogP) is 4.25. The molecular weight excluding hydrogens is 513 g/mol. The Kier molecular flexibility index (Phi) is 11.0. The van der Waals surface area contributed by atoms with E-state index in [1.165, 1.54) is 12.1 Å². The van der Waals surface area contributed by atoms with Crippen LogP contribution >= 0.6 is 0 Å². The molecule has 3 rings (SSSR count). The normalized spacial score (nSPS) is 14.2. The number of nitrogens with one attached hydrogen (secondary N) is 3. The molecule has 4 amide bonds. The minimum absolute atomic E-state index is 0.00992. The molecule has 3 N–H and O–H groups in total. The Hall–Kier alpha value is -3.50. The van der Waals surface area contributed by atoms with Crippen LogP contribution in [0.25, 0.3) is 0 Å². The SMILES string of the molecule is CC(C)OCCCNC(=O)Nc1ccc(C(=O)N2CCN(Cc3cccc(C(=O)NC(C)(C)C)c3)CC2)cc1F. The summed E-state index contributed by atoms with van der Waals surface area (Å²) >= 11 is 0.